The van der Waals surface area contributed by atoms with Crippen LogP contribution in [-0.2, 0) is 11.2 Å². The Labute approximate surface area is 129 Å². The zero-order valence-corrected chi connectivity index (χ0v) is 13.0. The standard InChI is InChI=1S/C15H22N2O5/c1-20-12-5-4-9(13(21-2)14(12)22-3)6-10-7-17-11(8-16-10)15(18)19/h4-5,10-11,16-17H,6-8H2,1-3H3,(H,18,19). The van der Waals surface area contributed by atoms with Crippen molar-refractivity contribution in [3.8, 4) is 17.2 Å². The van der Waals surface area contributed by atoms with Crippen LogP contribution in [0.15, 0.2) is 12.1 Å². The number of carboxylic acids is 1. The predicted octanol–water partition coefficient (Wildman–Crippen LogP) is 0.270. The molecule has 0 aliphatic carbocycles. The summed E-state index contributed by atoms with van der Waals surface area (Å²) in [6.45, 7) is 0.976. The van der Waals surface area contributed by atoms with E-state index in [1.807, 2.05) is 12.1 Å². The molecule has 1 aromatic carbocycles. The molecule has 0 aromatic heterocycles. The van der Waals surface area contributed by atoms with Gasteiger partial charge < -0.3 is 30.0 Å². The topological polar surface area (TPSA) is 89.1 Å². The number of ether oxygens (including phenoxy) is 3. The molecule has 2 rings (SSSR count). The average Bonchev–Trinajstić information content (AvgIpc) is 2.54. The lowest BCUT2D eigenvalue weighted by atomic mass is 10.0. The normalized spacial score (nSPS) is 21.2. The summed E-state index contributed by atoms with van der Waals surface area (Å²) in [5.74, 6) is 0.983. The van der Waals surface area contributed by atoms with Gasteiger partial charge in [-0.25, -0.2) is 0 Å². The molecule has 7 nitrogen and oxygen atoms in total. The van der Waals surface area contributed by atoms with Gasteiger partial charge in [0.15, 0.2) is 11.5 Å². The summed E-state index contributed by atoms with van der Waals surface area (Å²) in [5.41, 5.74) is 0.980. The van der Waals surface area contributed by atoms with Gasteiger partial charge in [0, 0.05) is 19.1 Å². The van der Waals surface area contributed by atoms with Crippen LogP contribution in [0.5, 0.6) is 17.2 Å². The third-order valence-corrected chi connectivity index (χ3v) is 3.77. The van der Waals surface area contributed by atoms with Gasteiger partial charge in [-0.2, -0.15) is 0 Å². The van der Waals surface area contributed by atoms with Crippen LogP contribution in [-0.4, -0.2) is 57.6 Å². The van der Waals surface area contributed by atoms with Crippen LogP contribution < -0.4 is 24.8 Å². The van der Waals surface area contributed by atoms with E-state index in [4.69, 9.17) is 19.3 Å². The van der Waals surface area contributed by atoms with Crippen molar-refractivity contribution in [1.82, 2.24) is 10.6 Å². The van der Waals surface area contributed by atoms with Gasteiger partial charge in [-0.05, 0) is 18.1 Å². The second-order valence-electron chi connectivity index (χ2n) is 5.10. The maximum atomic E-state index is 10.9. The number of aliphatic carboxylic acids is 1. The van der Waals surface area contributed by atoms with Crippen molar-refractivity contribution in [2.75, 3.05) is 34.4 Å². The van der Waals surface area contributed by atoms with E-state index in [1.54, 1.807) is 21.3 Å². The molecule has 0 amide bonds. The molecule has 0 radical (unpaired) electrons. The Hall–Kier alpha value is -1.99. The molecule has 0 saturated carbocycles. The van der Waals surface area contributed by atoms with Gasteiger partial charge in [0.25, 0.3) is 0 Å². The van der Waals surface area contributed by atoms with Crippen LogP contribution in [0.25, 0.3) is 0 Å². The highest BCUT2D eigenvalue weighted by Gasteiger charge is 2.26. The van der Waals surface area contributed by atoms with Gasteiger partial charge in [-0.1, -0.05) is 6.07 Å². The fourth-order valence-electron chi connectivity index (χ4n) is 2.62. The Morgan fingerprint density at radius 2 is 1.86 bits per heavy atom. The summed E-state index contributed by atoms with van der Waals surface area (Å²) in [5, 5.41) is 15.2. The van der Waals surface area contributed by atoms with Crippen LogP contribution in [0.3, 0.4) is 0 Å². The molecule has 1 aliphatic heterocycles. The summed E-state index contributed by atoms with van der Waals surface area (Å²) >= 11 is 0. The maximum Gasteiger partial charge on any atom is 0.322 e. The fraction of sp³-hybridized carbons (Fsp3) is 0.533. The zero-order valence-electron chi connectivity index (χ0n) is 13.0. The number of carbonyl (C=O) groups is 1. The van der Waals surface area contributed by atoms with Crippen LogP contribution in [0.1, 0.15) is 5.56 Å². The first-order chi connectivity index (χ1) is 10.6. The number of hydrogen-bond acceptors (Lipinski definition) is 6. The second-order valence-corrected chi connectivity index (χ2v) is 5.10. The number of rotatable bonds is 6. The molecule has 122 valence electrons. The highest BCUT2D eigenvalue weighted by molar-refractivity contribution is 5.73. The molecule has 1 fully saturated rings. The molecule has 1 heterocycles. The molecule has 2 atom stereocenters. The van der Waals surface area contributed by atoms with E-state index in [0.717, 1.165) is 5.56 Å². The minimum Gasteiger partial charge on any atom is -0.493 e. The third-order valence-electron chi connectivity index (χ3n) is 3.77. The summed E-state index contributed by atoms with van der Waals surface area (Å²) in [6, 6.07) is 3.36. The number of benzene rings is 1. The van der Waals surface area contributed by atoms with E-state index in [0.29, 0.717) is 36.8 Å². The van der Waals surface area contributed by atoms with Crippen molar-refractivity contribution in [3.05, 3.63) is 17.7 Å². The Balaban J connectivity index is 2.12. The van der Waals surface area contributed by atoms with E-state index < -0.39 is 12.0 Å². The SMILES string of the molecule is COc1ccc(CC2CNC(C(=O)O)CN2)c(OC)c1OC. The number of piperazine rings is 1. The van der Waals surface area contributed by atoms with Crippen molar-refractivity contribution in [1.29, 1.82) is 0 Å². The van der Waals surface area contributed by atoms with Crippen molar-refractivity contribution in [3.63, 3.8) is 0 Å². The average molecular weight is 310 g/mol. The van der Waals surface area contributed by atoms with Gasteiger partial charge in [0.2, 0.25) is 5.75 Å². The molecule has 22 heavy (non-hydrogen) atoms. The monoisotopic (exact) mass is 310 g/mol. The van der Waals surface area contributed by atoms with Crippen LogP contribution in [0.4, 0.5) is 0 Å². The lowest BCUT2D eigenvalue weighted by Gasteiger charge is -2.29. The first kappa shape index (κ1) is 16.4. The molecule has 0 bridgehead atoms. The Bertz CT molecular complexity index is 527. The molecular weight excluding hydrogens is 288 g/mol. The summed E-state index contributed by atoms with van der Waals surface area (Å²) < 4.78 is 16.1. The van der Waals surface area contributed by atoms with E-state index in [9.17, 15) is 4.79 Å². The first-order valence-corrected chi connectivity index (χ1v) is 7.08. The molecular formula is C15H22N2O5. The van der Waals surface area contributed by atoms with Gasteiger partial charge >= 0.3 is 5.97 Å². The Morgan fingerprint density at radius 3 is 2.36 bits per heavy atom. The quantitative estimate of drug-likeness (QED) is 0.695. The van der Waals surface area contributed by atoms with E-state index in [2.05, 4.69) is 10.6 Å². The van der Waals surface area contributed by atoms with E-state index in [-0.39, 0.29) is 6.04 Å². The molecule has 1 aromatic rings. The van der Waals surface area contributed by atoms with E-state index in [1.165, 1.54) is 0 Å². The molecule has 2 unspecified atom stereocenters. The van der Waals surface area contributed by atoms with Crippen LogP contribution >= 0.6 is 0 Å². The maximum absolute atomic E-state index is 10.9. The summed E-state index contributed by atoms with van der Waals surface area (Å²) in [6.07, 6.45) is 0.697. The van der Waals surface area contributed by atoms with Gasteiger partial charge in [0.1, 0.15) is 6.04 Å². The summed E-state index contributed by atoms with van der Waals surface area (Å²) in [4.78, 5) is 10.9. The third kappa shape index (κ3) is 3.42. The second kappa shape index (κ2) is 7.33. The van der Waals surface area contributed by atoms with Crippen molar-refractivity contribution in [2.24, 2.45) is 0 Å². The van der Waals surface area contributed by atoms with Gasteiger partial charge in [0.05, 0.1) is 21.3 Å². The summed E-state index contributed by atoms with van der Waals surface area (Å²) in [7, 11) is 4.74. The number of hydrogen-bond donors (Lipinski definition) is 3. The number of nitrogens with one attached hydrogen (secondary N) is 2. The van der Waals surface area contributed by atoms with Crippen molar-refractivity contribution in [2.45, 2.75) is 18.5 Å². The molecule has 7 heteroatoms. The van der Waals surface area contributed by atoms with Crippen molar-refractivity contribution >= 4 is 5.97 Å². The van der Waals surface area contributed by atoms with Gasteiger partial charge in [-0.3, -0.25) is 4.79 Å². The Morgan fingerprint density at radius 1 is 1.14 bits per heavy atom. The highest BCUT2D eigenvalue weighted by Crippen LogP contribution is 2.40. The van der Waals surface area contributed by atoms with Crippen LogP contribution in [0, 0.1) is 0 Å². The molecule has 1 saturated heterocycles. The smallest absolute Gasteiger partial charge is 0.322 e. The lowest BCUT2D eigenvalue weighted by molar-refractivity contribution is -0.139. The van der Waals surface area contributed by atoms with Crippen molar-refractivity contribution < 1.29 is 24.1 Å². The van der Waals surface area contributed by atoms with Gasteiger partial charge in [-0.15, -0.1) is 0 Å². The molecule has 3 N–H and O–H groups in total. The molecule has 0 spiro atoms. The Kier molecular flexibility index (Phi) is 5.46. The minimum absolute atomic E-state index is 0.127. The zero-order chi connectivity index (χ0) is 16.1. The first-order valence-electron chi connectivity index (χ1n) is 7.08. The number of carboxylic acid groups (broad SMARTS) is 1. The molecule has 1 aliphatic rings. The fourth-order valence-corrected chi connectivity index (χ4v) is 2.62. The number of methoxy groups -OCH3 is 3. The lowest BCUT2D eigenvalue weighted by Crippen LogP contribution is -2.57. The predicted molar refractivity (Wildman–Crippen MR) is 81.0 cm³/mol. The highest BCUT2D eigenvalue weighted by atomic mass is 16.5. The van der Waals surface area contributed by atoms with Crippen LogP contribution in [0.2, 0.25) is 0 Å². The minimum atomic E-state index is -0.838. The largest absolute Gasteiger partial charge is 0.493 e. The van der Waals surface area contributed by atoms with E-state index >= 15 is 0 Å².